The Morgan fingerprint density at radius 3 is 2.47 bits per heavy atom. The number of hydrogen-bond donors (Lipinski definition) is 2. The van der Waals surface area contributed by atoms with E-state index < -0.39 is 5.69 Å². The van der Waals surface area contributed by atoms with Gasteiger partial charge in [-0.3, -0.25) is 9.78 Å². The van der Waals surface area contributed by atoms with Crippen LogP contribution in [0.1, 0.15) is 11.3 Å². The van der Waals surface area contributed by atoms with E-state index in [4.69, 9.17) is 0 Å². The highest BCUT2D eigenvalue weighted by molar-refractivity contribution is 7.98. The molecule has 0 unspecified atom stereocenters. The molecule has 0 aliphatic heterocycles. The Kier molecular flexibility index (Phi) is 3.49. The van der Waals surface area contributed by atoms with E-state index in [2.05, 4.69) is 9.97 Å². The standard InChI is InChI=1S/C12H12N2O2S/c1-8-2-4-10(5-3-8)17-7-9-6-11(15)14-12(16)13-9/h2-6H,7H2,1H3,(H2,13,14,15,16). The maximum absolute atomic E-state index is 11.1. The predicted octanol–water partition coefficient (Wildman–Crippen LogP) is 1.66. The quantitative estimate of drug-likeness (QED) is 0.812. The highest BCUT2D eigenvalue weighted by Crippen LogP contribution is 2.21. The van der Waals surface area contributed by atoms with Gasteiger partial charge in [0.25, 0.3) is 5.56 Å². The van der Waals surface area contributed by atoms with Crippen LogP contribution in [0.5, 0.6) is 0 Å². The molecule has 17 heavy (non-hydrogen) atoms. The first-order valence-corrected chi connectivity index (χ1v) is 6.14. The Hall–Kier alpha value is -1.75. The Balaban J connectivity index is 2.09. The molecule has 88 valence electrons. The van der Waals surface area contributed by atoms with Gasteiger partial charge in [-0.05, 0) is 19.1 Å². The van der Waals surface area contributed by atoms with Crippen molar-refractivity contribution in [2.24, 2.45) is 0 Å². The van der Waals surface area contributed by atoms with Crippen LogP contribution in [0, 0.1) is 6.92 Å². The van der Waals surface area contributed by atoms with Gasteiger partial charge in [0.05, 0.1) is 0 Å². The molecule has 0 amide bonds. The molecule has 1 heterocycles. The molecule has 2 N–H and O–H groups in total. The Bertz CT molecular complexity index is 585. The molecule has 0 saturated carbocycles. The fourth-order valence-corrected chi connectivity index (χ4v) is 2.20. The van der Waals surface area contributed by atoms with Gasteiger partial charge in [0.1, 0.15) is 0 Å². The number of thioether (sulfide) groups is 1. The molecule has 2 aromatic rings. The van der Waals surface area contributed by atoms with Crippen LogP contribution < -0.4 is 11.2 Å². The molecule has 5 heteroatoms. The van der Waals surface area contributed by atoms with Crippen molar-refractivity contribution in [3.63, 3.8) is 0 Å². The summed E-state index contributed by atoms with van der Waals surface area (Å²) in [5, 5.41) is 0. The molecule has 0 aliphatic carbocycles. The molecule has 0 aliphatic rings. The number of nitrogens with one attached hydrogen (secondary N) is 2. The van der Waals surface area contributed by atoms with Crippen molar-refractivity contribution in [2.75, 3.05) is 0 Å². The zero-order chi connectivity index (χ0) is 12.3. The van der Waals surface area contributed by atoms with Gasteiger partial charge in [0.15, 0.2) is 0 Å². The molecule has 0 atom stereocenters. The molecule has 4 nitrogen and oxygen atoms in total. The summed E-state index contributed by atoms with van der Waals surface area (Å²) in [6.07, 6.45) is 0. The van der Waals surface area contributed by atoms with Crippen LogP contribution >= 0.6 is 11.8 Å². The minimum atomic E-state index is -0.461. The third-order valence-electron chi connectivity index (χ3n) is 2.23. The van der Waals surface area contributed by atoms with Gasteiger partial charge in [-0.1, -0.05) is 17.7 Å². The number of aromatic nitrogens is 2. The highest BCUT2D eigenvalue weighted by Gasteiger charge is 1.99. The minimum absolute atomic E-state index is 0.367. The van der Waals surface area contributed by atoms with Crippen molar-refractivity contribution in [1.82, 2.24) is 9.97 Å². The van der Waals surface area contributed by atoms with Crippen LogP contribution in [0.15, 0.2) is 44.8 Å². The first-order chi connectivity index (χ1) is 8.13. The Morgan fingerprint density at radius 1 is 1.12 bits per heavy atom. The Labute approximate surface area is 102 Å². The number of aromatic amines is 2. The van der Waals surface area contributed by atoms with Crippen molar-refractivity contribution >= 4 is 11.8 Å². The second kappa shape index (κ2) is 5.05. The first kappa shape index (κ1) is 11.7. The summed E-state index contributed by atoms with van der Waals surface area (Å²) in [5.74, 6) is 0.572. The van der Waals surface area contributed by atoms with E-state index in [1.165, 1.54) is 11.6 Å². The van der Waals surface area contributed by atoms with E-state index in [1.54, 1.807) is 11.8 Å². The molecular weight excluding hydrogens is 236 g/mol. The summed E-state index contributed by atoms with van der Waals surface area (Å²) in [6.45, 7) is 2.03. The SMILES string of the molecule is Cc1ccc(SCc2cc(=O)[nH]c(=O)[nH]2)cc1. The maximum Gasteiger partial charge on any atom is 0.325 e. The van der Waals surface area contributed by atoms with Crippen molar-refractivity contribution in [3.8, 4) is 0 Å². The Morgan fingerprint density at radius 2 is 1.82 bits per heavy atom. The smallest absolute Gasteiger partial charge is 0.310 e. The molecule has 0 spiro atoms. The topological polar surface area (TPSA) is 65.7 Å². The van der Waals surface area contributed by atoms with Crippen molar-refractivity contribution in [2.45, 2.75) is 17.6 Å². The van der Waals surface area contributed by atoms with Crippen LogP contribution in [0.4, 0.5) is 0 Å². The van der Waals surface area contributed by atoms with Crippen molar-refractivity contribution < 1.29 is 0 Å². The summed E-state index contributed by atoms with van der Waals surface area (Å²) in [7, 11) is 0. The van der Waals surface area contributed by atoms with Gasteiger partial charge >= 0.3 is 5.69 Å². The normalized spacial score (nSPS) is 10.4. The summed E-state index contributed by atoms with van der Waals surface area (Å²) < 4.78 is 0. The molecule has 0 fully saturated rings. The van der Waals surface area contributed by atoms with E-state index in [1.807, 2.05) is 31.2 Å². The summed E-state index contributed by atoms with van der Waals surface area (Å²) in [5.41, 5.74) is 1.01. The third-order valence-corrected chi connectivity index (χ3v) is 3.29. The van der Waals surface area contributed by atoms with E-state index in [9.17, 15) is 9.59 Å². The average Bonchev–Trinajstić information content (AvgIpc) is 2.27. The van der Waals surface area contributed by atoms with E-state index >= 15 is 0 Å². The van der Waals surface area contributed by atoms with Gasteiger partial charge < -0.3 is 4.98 Å². The maximum atomic E-state index is 11.1. The number of hydrogen-bond acceptors (Lipinski definition) is 3. The second-order valence-corrected chi connectivity index (χ2v) is 4.76. The number of aryl methyl sites for hydroxylation is 1. The fourth-order valence-electron chi connectivity index (χ4n) is 1.39. The number of benzene rings is 1. The molecule has 1 aromatic carbocycles. The lowest BCUT2D eigenvalue weighted by Crippen LogP contribution is -2.22. The van der Waals surface area contributed by atoms with Crippen LogP contribution in [0.25, 0.3) is 0 Å². The first-order valence-electron chi connectivity index (χ1n) is 5.15. The predicted molar refractivity (Wildman–Crippen MR) is 68.4 cm³/mol. The fraction of sp³-hybridized carbons (Fsp3) is 0.167. The van der Waals surface area contributed by atoms with Gasteiger partial charge in [-0.15, -0.1) is 11.8 Å². The molecular formula is C12H12N2O2S. The monoisotopic (exact) mass is 248 g/mol. The van der Waals surface area contributed by atoms with Gasteiger partial charge in [-0.2, -0.15) is 0 Å². The van der Waals surface area contributed by atoms with E-state index in [-0.39, 0.29) is 5.56 Å². The van der Waals surface area contributed by atoms with Crippen LogP contribution in [-0.2, 0) is 5.75 Å². The van der Waals surface area contributed by atoms with E-state index in [0.29, 0.717) is 11.4 Å². The van der Waals surface area contributed by atoms with Crippen LogP contribution in [0.2, 0.25) is 0 Å². The second-order valence-electron chi connectivity index (χ2n) is 3.71. The van der Waals surface area contributed by atoms with Crippen molar-refractivity contribution in [3.05, 3.63) is 62.4 Å². The summed E-state index contributed by atoms with van der Waals surface area (Å²) >= 11 is 1.58. The van der Waals surface area contributed by atoms with Gasteiger partial charge in [0, 0.05) is 22.4 Å². The zero-order valence-corrected chi connectivity index (χ0v) is 10.1. The number of rotatable bonds is 3. The lowest BCUT2D eigenvalue weighted by Gasteiger charge is -2.01. The number of H-pyrrole nitrogens is 2. The zero-order valence-electron chi connectivity index (χ0n) is 9.32. The molecule has 0 bridgehead atoms. The lowest BCUT2D eigenvalue weighted by atomic mass is 10.2. The van der Waals surface area contributed by atoms with Gasteiger partial charge in [-0.25, -0.2) is 4.79 Å². The molecule has 1 aromatic heterocycles. The third kappa shape index (κ3) is 3.35. The average molecular weight is 248 g/mol. The minimum Gasteiger partial charge on any atom is -0.310 e. The largest absolute Gasteiger partial charge is 0.325 e. The molecule has 0 saturated heterocycles. The summed E-state index contributed by atoms with van der Waals surface area (Å²) in [6, 6.07) is 9.50. The lowest BCUT2D eigenvalue weighted by molar-refractivity contribution is 0.986. The van der Waals surface area contributed by atoms with Crippen LogP contribution in [0.3, 0.4) is 0 Å². The van der Waals surface area contributed by atoms with E-state index in [0.717, 1.165) is 4.90 Å². The molecule has 2 rings (SSSR count). The molecule has 0 radical (unpaired) electrons. The van der Waals surface area contributed by atoms with Crippen LogP contribution in [-0.4, -0.2) is 9.97 Å². The highest BCUT2D eigenvalue weighted by atomic mass is 32.2. The van der Waals surface area contributed by atoms with Crippen molar-refractivity contribution in [1.29, 1.82) is 0 Å². The summed E-state index contributed by atoms with van der Waals surface area (Å²) in [4.78, 5) is 28.0. The van der Waals surface area contributed by atoms with Gasteiger partial charge in [0.2, 0.25) is 0 Å².